The maximum atomic E-state index is 11.5. The van der Waals surface area contributed by atoms with Gasteiger partial charge in [-0.15, -0.1) is 11.3 Å². The van der Waals surface area contributed by atoms with E-state index in [0.717, 1.165) is 9.35 Å². The highest BCUT2D eigenvalue weighted by atomic mass is 79.9. The minimum absolute atomic E-state index is 0.0696. The van der Waals surface area contributed by atoms with Crippen molar-refractivity contribution in [1.82, 2.24) is 9.78 Å². The zero-order valence-electron chi connectivity index (χ0n) is 8.80. The van der Waals surface area contributed by atoms with Gasteiger partial charge in [-0.1, -0.05) is 0 Å². The van der Waals surface area contributed by atoms with Crippen LogP contribution in [0.2, 0.25) is 0 Å². The second-order valence-electron chi connectivity index (χ2n) is 3.29. The topological polar surface area (TPSA) is 70.1 Å². The molecule has 90 valence electrons. The van der Waals surface area contributed by atoms with Gasteiger partial charge in [-0.05, 0) is 33.4 Å². The summed E-state index contributed by atoms with van der Waals surface area (Å²) < 4.78 is 7.52. The number of nitrogens with zero attached hydrogens (tertiary/aromatic N) is 2. The van der Waals surface area contributed by atoms with Crippen LogP contribution in [0.15, 0.2) is 28.2 Å². The molecule has 0 aliphatic carbocycles. The largest absolute Gasteiger partial charge is 0.459 e. The number of esters is 1. The van der Waals surface area contributed by atoms with Crippen LogP contribution in [-0.2, 0) is 22.7 Å². The van der Waals surface area contributed by atoms with Crippen molar-refractivity contribution in [2.24, 2.45) is 0 Å². The molecule has 0 saturated heterocycles. The average Bonchev–Trinajstić information content (AvgIpc) is 2.85. The van der Waals surface area contributed by atoms with Crippen LogP contribution in [0.4, 0.5) is 5.82 Å². The summed E-state index contributed by atoms with van der Waals surface area (Å²) in [5.41, 5.74) is 5.44. The van der Waals surface area contributed by atoms with E-state index in [1.165, 1.54) is 16.0 Å². The summed E-state index contributed by atoms with van der Waals surface area (Å²) in [6.45, 7) is 0.341. The molecule has 0 bridgehead atoms. The third-order valence-electron chi connectivity index (χ3n) is 2.01. The summed E-state index contributed by atoms with van der Waals surface area (Å²) >= 11 is 4.91. The molecule has 2 heterocycles. The van der Waals surface area contributed by atoms with Gasteiger partial charge in [-0.3, -0.25) is 9.48 Å². The lowest BCUT2D eigenvalue weighted by atomic mass is 10.5. The summed E-state index contributed by atoms with van der Waals surface area (Å²) in [6.07, 6.45) is 1.64. The highest BCUT2D eigenvalue weighted by Crippen LogP contribution is 2.23. The molecule has 0 fully saturated rings. The van der Waals surface area contributed by atoms with Crippen molar-refractivity contribution in [3.63, 3.8) is 0 Å². The molecule has 0 amide bonds. The molecule has 2 aromatic heterocycles. The van der Waals surface area contributed by atoms with Crippen molar-refractivity contribution >= 4 is 39.1 Å². The lowest BCUT2D eigenvalue weighted by molar-refractivity contribution is -0.145. The van der Waals surface area contributed by atoms with Gasteiger partial charge in [0.1, 0.15) is 19.0 Å². The number of carbonyl (C=O) groups excluding carboxylic acids is 1. The Morgan fingerprint density at radius 1 is 1.59 bits per heavy atom. The Morgan fingerprint density at radius 3 is 3.00 bits per heavy atom. The summed E-state index contributed by atoms with van der Waals surface area (Å²) in [5.74, 6) is 0.0483. The summed E-state index contributed by atoms with van der Waals surface area (Å²) in [4.78, 5) is 12.5. The predicted octanol–water partition coefficient (Wildman–Crippen LogP) is 2.03. The van der Waals surface area contributed by atoms with Gasteiger partial charge < -0.3 is 10.5 Å². The van der Waals surface area contributed by atoms with E-state index in [1.54, 1.807) is 12.3 Å². The van der Waals surface area contributed by atoms with E-state index in [-0.39, 0.29) is 19.1 Å². The Morgan fingerprint density at radius 2 is 2.41 bits per heavy atom. The maximum absolute atomic E-state index is 11.5. The molecule has 2 rings (SSSR count). The fraction of sp³-hybridized carbons (Fsp3) is 0.200. The van der Waals surface area contributed by atoms with Gasteiger partial charge in [0.05, 0.1) is 4.88 Å². The molecular formula is C10H10BrN3O2S. The first-order valence-corrected chi connectivity index (χ1v) is 6.49. The molecule has 7 heteroatoms. The lowest BCUT2D eigenvalue weighted by Crippen LogP contribution is -2.13. The zero-order valence-corrected chi connectivity index (χ0v) is 11.2. The summed E-state index contributed by atoms with van der Waals surface area (Å²) in [6, 6.07) is 3.55. The van der Waals surface area contributed by atoms with Gasteiger partial charge in [-0.2, -0.15) is 5.10 Å². The van der Waals surface area contributed by atoms with Crippen molar-refractivity contribution in [3.8, 4) is 0 Å². The number of nitrogen functional groups attached to an aromatic ring is 1. The lowest BCUT2D eigenvalue weighted by Gasteiger charge is -2.03. The van der Waals surface area contributed by atoms with Gasteiger partial charge in [0.25, 0.3) is 0 Å². The number of hydrogen-bond donors (Lipinski definition) is 1. The highest BCUT2D eigenvalue weighted by Gasteiger charge is 2.08. The highest BCUT2D eigenvalue weighted by molar-refractivity contribution is 9.10. The minimum Gasteiger partial charge on any atom is -0.459 e. The van der Waals surface area contributed by atoms with Crippen LogP contribution in [0.1, 0.15) is 4.88 Å². The van der Waals surface area contributed by atoms with Crippen molar-refractivity contribution < 1.29 is 9.53 Å². The quantitative estimate of drug-likeness (QED) is 0.876. The van der Waals surface area contributed by atoms with E-state index in [2.05, 4.69) is 21.0 Å². The normalized spacial score (nSPS) is 10.4. The van der Waals surface area contributed by atoms with E-state index >= 15 is 0 Å². The minimum atomic E-state index is -0.339. The fourth-order valence-electron chi connectivity index (χ4n) is 1.22. The fourth-order valence-corrected chi connectivity index (χ4v) is 2.60. The second-order valence-corrected chi connectivity index (χ2v) is 5.15. The van der Waals surface area contributed by atoms with Crippen LogP contribution in [0.5, 0.6) is 0 Å². The van der Waals surface area contributed by atoms with Gasteiger partial charge in [0.2, 0.25) is 0 Å². The third-order valence-corrected chi connectivity index (χ3v) is 3.91. The van der Waals surface area contributed by atoms with Crippen LogP contribution in [-0.4, -0.2) is 15.7 Å². The molecule has 0 radical (unpaired) electrons. The number of ether oxygens (including phenoxy) is 1. The molecule has 0 atom stereocenters. The van der Waals surface area contributed by atoms with E-state index in [0.29, 0.717) is 5.82 Å². The Balaban J connectivity index is 1.84. The average molecular weight is 316 g/mol. The van der Waals surface area contributed by atoms with Crippen LogP contribution in [0.25, 0.3) is 0 Å². The number of nitrogens with two attached hydrogens (primary N) is 1. The van der Waals surface area contributed by atoms with Crippen molar-refractivity contribution in [2.45, 2.75) is 13.2 Å². The molecule has 0 spiro atoms. The number of aromatic nitrogens is 2. The van der Waals surface area contributed by atoms with E-state index < -0.39 is 0 Å². The van der Waals surface area contributed by atoms with Crippen LogP contribution < -0.4 is 5.73 Å². The molecule has 0 saturated carbocycles. The molecule has 17 heavy (non-hydrogen) atoms. The van der Waals surface area contributed by atoms with Gasteiger partial charge in [0.15, 0.2) is 0 Å². The number of hydrogen-bond acceptors (Lipinski definition) is 5. The maximum Gasteiger partial charge on any atom is 0.328 e. The Kier molecular flexibility index (Phi) is 3.80. The van der Waals surface area contributed by atoms with Crippen LogP contribution >= 0.6 is 27.3 Å². The van der Waals surface area contributed by atoms with E-state index in [1.807, 2.05) is 11.4 Å². The first kappa shape index (κ1) is 12.1. The van der Waals surface area contributed by atoms with E-state index in [9.17, 15) is 4.79 Å². The van der Waals surface area contributed by atoms with Gasteiger partial charge >= 0.3 is 5.97 Å². The second kappa shape index (κ2) is 5.33. The smallest absolute Gasteiger partial charge is 0.328 e. The Bertz CT molecular complexity index is 523. The molecular weight excluding hydrogens is 306 g/mol. The van der Waals surface area contributed by atoms with E-state index in [4.69, 9.17) is 10.5 Å². The van der Waals surface area contributed by atoms with Crippen LogP contribution in [0, 0.1) is 0 Å². The zero-order chi connectivity index (χ0) is 12.3. The number of rotatable bonds is 4. The predicted molar refractivity (Wildman–Crippen MR) is 68.5 cm³/mol. The third kappa shape index (κ3) is 3.31. The molecule has 2 aromatic rings. The number of carbonyl (C=O) groups is 1. The molecule has 0 aliphatic heterocycles. The van der Waals surface area contributed by atoms with Crippen molar-refractivity contribution in [1.29, 1.82) is 0 Å². The summed E-state index contributed by atoms with van der Waals surface area (Å²) in [7, 11) is 0. The first-order chi connectivity index (χ1) is 8.15. The van der Waals surface area contributed by atoms with Gasteiger partial charge in [-0.25, -0.2) is 0 Å². The summed E-state index contributed by atoms with van der Waals surface area (Å²) in [5, 5.41) is 5.83. The SMILES string of the molecule is Nc1ccn(CC(=O)OCc2sccc2Br)n1. The molecule has 0 aliphatic rings. The Labute approximate surface area is 110 Å². The monoisotopic (exact) mass is 315 g/mol. The number of anilines is 1. The molecule has 0 unspecified atom stereocenters. The number of thiophene rings is 1. The Hall–Kier alpha value is -1.34. The van der Waals surface area contributed by atoms with Gasteiger partial charge in [0, 0.05) is 10.7 Å². The first-order valence-electron chi connectivity index (χ1n) is 4.81. The molecule has 0 aromatic carbocycles. The van der Waals surface area contributed by atoms with Crippen LogP contribution in [0.3, 0.4) is 0 Å². The van der Waals surface area contributed by atoms with Crippen molar-refractivity contribution in [3.05, 3.63) is 33.1 Å². The van der Waals surface area contributed by atoms with Crippen molar-refractivity contribution in [2.75, 3.05) is 5.73 Å². The number of halogens is 1. The molecule has 2 N–H and O–H groups in total. The molecule has 5 nitrogen and oxygen atoms in total. The standard InChI is InChI=1S/C10H10BrN3O2S/c11-7-2-4-17-8(7)6-16-10(15)5-14-3-1-9(12)13-14/h1-4H,5-6H2,(H2,12,13).